The predicted octanol–water partition coefficient (Wildman–Crippen LogP) is 1.70. The summed E-state index contributed by atoms with van der Waals surface area (Å²) in [7, 11) is 0. The van der Waals surface area contributed by atoms with E-state index in [1.165, 1.54) is 6.20 Å². The van der Waals surface area contributed by atoms with Gasteiger partial charge in [0.2, 0.25) is 0 Å². The van der Waals surface area contributed by atoms with Gasteiger partial charge in [0.25, 0.3) is 5.91 Å². The van der Waals surface area contributed by atoms with Crippen LogP contribution in [0, 0.1) is 11.3 Å². The van der Waals surface area contributed by atoms with Crippen LogP contribution in [-0.4, -0.2) is 19.0 Å². The molecule has 0 unspecified atom stereocenters. The Morgan fingerprint density at radius 1 is 1.25 bits per heavy atom. The number of carbonyl (C=O) groups is 1. The topological polar surface area (TPSA) is 64.9 Å². The van der Waals surface area contributed by atoms with Gasteiger partial charge in [0.15, 0.2) is 0 Å². The van der Waals surface area contributed by atoms with Gasteiger partial charge in [-0.1, -0.05) is 26.7 Å². The second kappa shape index (κ2) is 10.0. The maximum absolute atomic E-state index is 11.4. The third kappa shape index (κ3) is 6.88. The standard InChI is InChI=1S/C12H21N3O/c1-3-5-6-8-14-10-11(9-13)12(16)15-7-4-2/h10,14H,3-8H2,1-2H3,(H,15,16)/b11-10-. The van der Waals surface area contributed by atoms with E-state index in [9.17, 15) is 4.79 Å². The van der Waals surface area contributed by atoms with Crippen LogP contribution in [0.4, 0.5) is 0 Å². The molecule has 0 aliphatic heterocycles. The molecular formula is C12H21N3O. The Balaban J connectivity index is 3.92. The minimum absolute atomic E-state index is 0.143. The summed E-state index contributed by atoms with van der Waals surface area (Å²) < 4.78 is 0. The SMILES string of the molecule is CCCCCN/C=C(/C#N)C(=O)NCCC. The maximum Gasteiger partial charge on any atom is 0.263 e. The van der Waals surface area contributed by atoms with Crippen LogP contribution in [0.3, 0.4) is 0 Å². The highest BCUT2D eigenvalue weighted by molar-refractivity contribution is 5.97. The van der Waals surface area contributed by atoms with Crippen molar-refractivity contribution in [3.8, 4) is 6.07 Å². The first-order valence-corrected chi connectivity index (χ1v) is 5.88. The van der Waals surface area contributed by atoms with E-state index < -0.39 is 0 Å². The van der Waals surface area contributed by atoms with Crippen LogP contribution in [0.1, 0.15) is 39.5 Å². The zero-order valence-corrected chi connectivity index (χ0v) is 10.2. The number of carbonyl (C=O) groups excluding carboxylic acids is 1. The largest absolute Gasteiger partial charge is 0.390 e. The summed E-state index contributed by atoms with van der Waals surface area (Å²) in [5, 5.41) is 14.4. The summed E-state index contributed by atoms with van der Waals surface area (Å²) in [5.41, 5.74) is 0.143. The lowest BCUT2D eigenvalue weighted by molar-refractivity contribution is -0.117. The van der Waals surface area contributed by atoms with Gasteiger partial charge in [0, 0.05) is 19.3 Å². The van der Waals surface area contributed by atoms with Gasteiger partial charge in [0.05, 0.1) is 0 Å². The van der Waals surface area contributed by atoms with Crippen LogP contribution >= 0.6 is 0 Å². The monoisotopic (exact) mass is 223 g/mol. The van der Waals surface area contributed by atoms with Gasteiger partial charge in [0.1, 0.15) is 11.6 Å². The number of nitrogens with zero attached hydrogens (tertiary/aromatic N) is 1. The van der Waals surface area contributed by atoms with E-state index in [0.29, 0.717) is 6.54 Å². The minimum atomic E-state index is -0.299. The zero-order valence-electron chi connectivity index (χ0n) is 10.2. The molecule has 90 valence electrons. The van der Waals surface area contributed by atoms with E-state index >= 15 is 0 Å². The van der Waals surface area contributed by atoms with E-state index in [4.69, 9.17) is 5.26 Å². The normalized spacial score (nSPS) is 10.7. The molecule has 0 aliphatic carbocycles. The molecule has 0 aromatic heterocycles. The number of rotatable bonds is 8. The summed E-state index contributed by atoms with van der Waals surface area (Å²) in [6.07, 6.45) is 5.75. The number of hydrogen-bond donors (Lipinski definition) is 2. The summed E-state index contributed by atoms with van der Waals surface area (Å²) in [6.45, 7) is 5.52. The van der Waals surface area contributed by atoms with Crippen molar-refractivity contribution in [3.05, 3.63) is 11.8 Å². The van der Waals surface area contributed by atoms with Crippen molar-refractivity contribution < 1.29 is 4.79 Å². The zero-order chi connectivity index (χ0) is 12.2. The molecule has 2 N–H and O–H groups in total. The highest BCUT2D eigenvalue weighted by Gasteiger charge is 2.06. The van der Waals surface area contributed by atoms with Gasteiger partial charge >= 0.3 is 0 Å². The average molecular weight is 223 g/mol. The van der Waals surface area contributed by atoms with E-state index in [1.54, 1.807) is 0 Å². The van der Waals surface area contributed by atoms with Crippen molar-refractivity contribution in [2.45, 2.75) is 39.5 Å². The Bertz CT molecular complexity index is 266. The van der Waals surface area contributed by atoms with Gasteiger partial charge in [-0.05, 0) is 12.8 Å². The van der Waals surface area contributed by atoms with Crippen molar-refractivity contribution in [3.63, 3.8) is 0 Å². The molecule has 0 fully saturated rings. The maximum atomic E-state index is 11.4. The lowest BCUT2D eigenvalue weighted by atomic mass is 10.2. The van der Waals surface area contributed by atoms with Crippen LogP contribution in [0.2, 0.25) is 0 Å². The smallest absolute Gasteiger partial charge is 0.263 e. The molecule has 0 radical (unpaired) electrons. The van der Waals surface area contributed by atoms with Gasteiger partial charge in [-0.25, -0.2) is 0 Å². The molecule has 0 aliphatic rings. The Kier molecular flexibility index (Phi) is 9.09. The molecule has 0 atom stereocenters. The number of nitrogens with one attached hydrogen (secondary N) is 2. The molecule has 0 heterocycles. The van der Waals surface area contributed by atoms with Crippen LogP contribution in [-0.2, 0) is 4.79 Å². The molecule has 0 saturated carbocycles. The number of amides is 1. The van der Waals surface area contributed by atoms with Gasteiger partial charge in [-0.15, -0.1) is 0 Å². The Labute approximate surface area is 97.7 Å². The molecule has 4 heteroatoms. The fraction of sp³-hybridized carbons (Fsp3) is 0.667. The number of unbranched alkanes of at least 4 members (excludes halogenated alkanes) is 2. The summed E-state index contributed by atoms with van der Waals surface area (Å²) >= 11 is 0. The first-order chi connectivity index (χ1) is 7.76. The number of nitriles is 1. The molecule has 0 aromatic carbocycles. The lowest BCUT2D eigenvalue weighted by Crippen LogP contribution is -2.26. The van der Waals surface area contributed by atoms with E-state index in [0.717, 1.165) is 32.2 Å². The first kappa shape index (κ1) is 14.5. The number of hydrogen-bond acceptors (Lipinski definition) is 3. The van der Waals surface area contributed by atoms with Gasteiger partial charge in [-0.3, -0.25) is 4.79 Å². The van der Waals surface area contributed by atoms with Crippen molar-refractivity contribution in [2.24, 2.45) is 0 Å². The van der Waals surface area contributed by atoms with Crippen molar-refractivity contribution in [1.29, 1.82) is 5.26 Å². The second-order valence-electron chi connectivity index (χ2n) is 3.59. The van der Waals surface area contributed by atoms with Crippen LogP contribution in [0.25, 0.3) is 0 Å². The fourth-order valence-electron chi connectivity index (χ4n) is 1.13. The molecule has 0 saturated heterocycles. The highest BCUT2D eigenvalue weighted by atomic mass is 16.1. The third-order valence-corrected chi connectivity index (χ3v) is 2.07. The lowest BCUT2D eigenvalue weighted by Gasteiger charge is -2.03. The summed E-state index contributed by atoms with van der Waals surface area (Å²) in [4.78, 5) is 11.4. The molecule has 0 spiro atoms. The van der Waals surface area contributed by atoms with E-state index in [1.807, 2.05) is 13.0 Å². The minimum Gasteiger partial charge on any atom is -0.390 e. The predicted molar refractivity (Wildman–Crippen MR) is 64.5 cm³/mol. The molecule has 4 nitrogen and oxygen atoms in total. The summed E-state index contributed by atoms with van der Waals surface area (Å²) in [5.74, 6) is -0.299. The average Bonchev–Trinajstić information content (AvgIpc) is 2.31. The van der Waals surface area contributed by atoms with Gasteiger partial charge < -0.3 is 10.6 Å². The quantitative estimate of drug-likeness (QED) is 0.374. The Morgan fingerprint density at radius 2 is 2.00 bits per heavy atom. The summed E-state index contributed by atoms with van der Waals surface area (Å²) in [6, 6.07) is 1.89. The Morgan fingerprint density at radius 3 is 2.56 bits per heavy atom. The van der Waals surface area contributed by atoms with Crippen LogP contribution < -0.4 is 10.6 Å². The van der Waals surface area contributed by atoms with Crippen molar-refractivity contribution in [1.82, 2.24) is 10.6 Å². The third-order valence-electron chi connectivity index (χ3n) is 2.07. The van der Waals surface area contributed by atoms with E-state index in [2.05, 4.69) is 17.6 Å². The molecule has 0 rings (SSSR count). The first-order valence-electron chi connectivity index (χ1n) is 5.88. The molecular weight excluding hydrogens is 202 g/mol. The molecule has 16 heavy (non-hydrogen) atoms. The van der Waals surface area contributed by atoms with Crippen LogP contribution in [0.5, 0.6) is 0 Å². The van der Waals surface area contributed by atoms with Crippen LogP contribution in [0.15, 0.2) is 11.8 Å². The van der Waals surface area contributed by atoms with Crippen molar-refractivity contribution in [2.75, 3.05) is 13.1 Å². The molecule has 0 aromatic rings. The highest BCUT2D eigenvalue weighted by Crippen LogP contribution is 1.93. The molecule has 0 bridgehead atoms. The molecule has 1 amide bonds. The van der Waals surface area contributed by atoms with Crippen molar-refractivity contribution >= 4 is 5.91 Å². The second-order valence-corrected chi connectivity index (χ2v) is 3.59. The van der Waals surface area contributed by atoms with E-state index in [-0.39, 0.29) is 11.5 Å². The van der Waals surface area contributed by atoms with Gasteiger partial charge in [-0.2, -0.15) is 5.26 Å². The Hall–Kier alpha value is -1.50. The fourth-order valence-corrected chi connectivity index (χ4v) is 1.13.